The molecule has 1 N–H and O–H groups in total. The smallest absolute Gasteiger partial charge is 0.121 e. The van der Waals surface area contributed by atoms with Crippen molar-refractivity contribution in [3.8, 4) is 5.75 Å². The number of likely N-dealkylation sites (tertiary alicyclic amines) is 1. The Morgan fingerprint density at radius 3 is 2.68 bits per heavy atom. The van der Waals surface area contributed by atoms with Crippen LogP contribution in [0, 0.1) is 6.92 Å². The van der Waals surface area contributed by atoms with Gasteiger partial charge in [-0.3, -0.25) is 4.90 Å². The molecule has 2 fully saturated rings. The summed E-state index contributed by atoms with van der Waals surface area (Å²) >= 11 is 0. The highest BCUT2D eigenvalue weighted by Crippen LogP contribution is 2.21. The van der Waals surface area contributed by atoms with Crippen LogP contribution < -0.4 is 10.1 Å². The number of aryl methyl sites for hydroxylation is 1. The number of benzene rings is 1. The summed E-state index contributed by atoms with van der Waals surface area (Å²) in [4.78, 5) is 5.33. The fourth-order valence-electron chi connectivity index (χ4n) is 4.09. The highest BCUT2D eigenvalue weighted by Gasteiger charge is 2.22. The number of nitrogens with zero attached hydrogens (tertiary/aromatic N) is 2. The summed E-state index contributed by atoms with van der Waals surface area (Å²) < 4.78 is 5.41. The number of hydrogen-bond acceptors (Lipinski definition) is 4. The average molecular weight is 368 g/mol. The lowest BCUT2D eigenvalue weighted by atomic mass is 10.0. The Bertz CT molecular complexity index is 514. The molecule has 0 radical (unpaired) electrons. The second-order valence-electron chi connectivity index (χ2n) is 7.32. The third kappa shape index (κ3) is 5.85. The molecule has 5 heteroatoms. The Morgan fingerprint density at radius 2 is 2.04 bits per heavy atom. The van der Waals surface area contributed by atoms with Crippen LogP contribution in [0.25, 0.3) is 0 Å². The van der Waals surface area contributed by atoms with Gasteiger partial charge >= 0.3 is 0 Å². The summed E-state index contributed by atoms with van der Waals surface area (Å²) in [5, 5.41) is 3.58. The van der Waals surface area contributed by atoms with Gasteiger partial charge in [0.15, 0.2) is 0 Å². The van der Waals surface area contributed by atoms with Crippen LogP contribution in [0.4, 0.5) is 0 Å². The first kappa shape index (κ1) is 20.5. The maximum absolute atomic E-state index is 5.41. The van der Waals surface area contributed by atoms with Crippen molar-refractivity contribution in [3.63, 3.8) is 0 Å². The van der Waals surface area contributed by atoms with Gasteiger partial charge in [0.1, 0.15) is 5.75 Å². The quantitative estimate of drug-likeness (QED) is 0.801. The molecule has 2 saturated heterocycles. The summed E-state index contributed by atoms with van der Waals surface area (Å²) in [7, 11) is 1.75. The average Bonchev–Trinajstić information content (AvgIpc) is 3.13. The van der Waals surface area contributed by atoms with Crippen LogP contribution in [0.2, 0.25) is 0 Å². The second-order valence-corrected chi connectivity index (χ2v) is 7.32. The van der Waals surface area contributed by atoms with E-state index in [1.807, 2.05) is 0 Å². The molecule has 3 rings (SSSR count). The number of methoxy groups -OCH3 is 1. The highest BCUT2D eigenvalue weighted by molar-refractivity contribution is 5.85. The van der Waals surface area contributed by atoms with Gasteiger partial charge < -0.3 is 15.0 Å². The zero-order valence-corrected chi connectivity index (χ0v) is 16.6. The van der Waals surface area contributed by atoms with E-state index in [0.29, 0.717) is 6.04 Å². The Hall–Kier alpha value is -0.810. The number of piperidine rings is 1. The van der Waals surface area contributed by atoms with E-state index in [4.69, 9.17) is 4.74 Å². The Balaban J connectivity index is 0.00000225. The van der Waals surface area contributed by atoms with Crippen molar-refractivity contribution in [1.29, 1.82) is 0 Å². The van der Waals surface area contributed by atoms with Crippen LogP contribution in [0.5, 0.6) is 5.75 Å². The van der Waals surface area contributed by atoms with Crippen molar-refractivity contribution >= 4 is 12.4 Å². The van der Waals surface area contributed by atoms with E-state index >= 15 is 0 Å². The van der Waals surface area contributed by atoms with Crippen molar-refractivity contribution < 1.29 is 4.74 Å². The Labute approximate surface area is 159 Å². The van der Waals surface area contributed by atoms with Gasteiger partial charge in [-0.05, 0) is 69.4 Å². The zero-order chi connectivity index (χ0) is 16.8. The molecule has 0 amide bonds. The standard InChI is InChI=1S/C20H33N3O.ClH/c1-17-14-18(7-8-20(17)24-2)16-23(19-6-5-9-21-15-19)13-12-22-10-3-4-11-22;/h7-8,14,19,21H,3-6,9-13,15-16H2,1-2H3;1H. The summed E-state index contributed by atoms with van der Waals surface area (Å²) in [6, 6.07) is 7.30. The van der Waals surface area contributed by atoms with Gasteiger partial charge in [-0.1, -0.05) is 12.1 Å². The molecule has 142 valence electrons. The number of hydrogen-bond donors (Lipinski definition) is 1. The van der Waals surface area contributed by atoms with Gasteiger partial charge in [-0.25, -0.2) is 0 Å². The lowest BCUT2D eigenvalue weighted by Crippen LogP contribution is -2.47. The number of halogens is 1. The van der Waals surface area contributed by atoms with Gasteiger partial charge in [0.25, 0.3) is 0 Å². The second kappa shape index (κ2) is 10.4. The molecule has 0 aliphatic carbocycles. The van der Waals surface area contributed by atoms with E-state index in [0.717, 1.165) is 18.8 Å². The number of nitrogens with one attached hydrogen (secondary N) is 1. The predicted octanol–water partition coefficient (Wildman–Crippen LogP) is 3.08. The van der Waals surface area contributed by atoms with Crippen LogP contribution in [0.3, 0.4) is 0 Å². The lowest BCUT2D eigenvalue weighted by molar-refractivity contribution is 0.139. The summed E-state index contributed by atoms with van der Waals surface area (Å²) in [6.07, 6.45) is 5.37. The van der Waals surface area contributed by atoms with Crippen LogP contribution in [0.1, 0.15) is 36.8 Å². The molecule has 2 aliphatic heterocycles. The predicted molar refractivity (Wildman–Crippen MR) is 107 cm³/mol. The summed E-state index contributed by atoms with van der Waals surface area (Å²) in [5.41, 5.74) is 2.64. The first-order valence-electron chi connectivity index (χ1n) is 9.57. The lowest BCUT2D eigenvalue weighted by Gasteiger charge is -2.36. The van der Waals surface area contributed by atoms with E-state index in [1.165, 1.54) is 69.5 Å². The van der Waals surface area contributed by atoms with Crippen LogP contribution in [-0.4, -0.2) is 62.2 Å². The Morgan fingerprint density at radius 1 is 1.24 bits per heavy atom. The monoisotopic (exact) mass is 367 g/mol. The minimum absolute atomic E-state index is 0. The maximum atomic E-state index is 5.41. The molecule has 0 aromatic heterocycles. The molecule has 1 atom stereocenters. The molecule has 2 heterocycles. The summed E-state index contributed by atoms with van der Waals surface area (Å²) in [5.74, 6) is 0.988. The zero-order valence-electron chi connectivity index (χ0n) is 15.8. The SMILES string of the molecule is COc1ccc(CN(CCN2CCCC2)C2CCCNC2)cc1C.Cl. The highest BCUT2D eigenvalue weighted by atomic mass is 35.5. The molecule has 0 bridgehead atoms. The molecule has 0 spiro atoms. The fourth-order valence-corrected chi connectivity index (χ4v) is 4.09. The van der Waals surface area contributed by atoms with Crippen LogP contribution in [-0.2, 0) is 6.54 Å². The van der Waals surface area contributed by atoms with E-state index in [9.17, 15) is 0 Å². The molecular formula is C20H34ClN3O. The van der Waals surface area contributed by atoms with E-state index < -0.39 is 0 Å². The van der Waals surface area contributed by atoms with Crippen molar-refractivity contribution in [2.24, 2.45) is 0 Å². The number of rotatable bonds is 7. The van der Waals surface area contributed by atoms with Crippen LogP contribution >= 0.6 is 12.4 Å². The molecule has 4 nitrogen and oxygen atoms in total. The van der Waals surface area contributed by atoms with Crippen molar-refractivity contribution in [1.82, 2.24) is 15.1 Å². The third-order valence-corrected chi connectivity index (χ3v) is 5.53. The van der Waals surface area contributed by atoms with Gasteiger partial charge in [0.2, 0.25) is 0 Å². The largest absolute Gasteiger partial charge is 0.496 e. The van der Waals surface area contributed by atoms with Gasteiger partial charge in [-0.2, -0.15) is 0 Å². The third-order valence-electron chi connectivity index (χ3n) is 5.53. The van der Waals surface area contributed by atoms with E-state index in [-0.39, 0.29) is 12.4 Å². The fraction of sp³-hybridized carbons (Fsp3) is 0.700. The molecule has 1 unspecified atom stereocenters. The summed E-state index contributed by atoms with van der Waals surface area (Å²) in [6.45, 7) is 10.5. The van der Waals surface area contributed by atoms with Crippen molar-refractivity contribution in [2.45, 2.75) is 45.2 Å². The van der Waals surface area contributed by atoms with Crippen LogP contribution in [0.15, 0.2) is 18.2 Å². The normalized spacial score (nSPS) is 21.3. The molecule has 2 aliphatic rings. The van der Waals surface area contributed by atoms with Crippen molar-refractivity contribution in [3.05, 3.63) is 29.3 Å². The van der Waals surface area contributed by atoms with E-state index in [2.05, 4.69) is 40.2 Å². The van der Waals surface area contributed by atoms with Gasteiger partial charge in [-0.15, -0.1) is 12.4 Å². The Kier molecular flexibility index (Phi) is 8.50. The molecular weight excluding hydrogens is 334 g/mol. The van der Waals surface area contributed by atoms with Gasteiger partial charge in [0, 0.05) is 32.2 Å². The minimum Gasteiger partial charge on any atom is -0.496 e. The van der Waals surface area contributed by atoms with Crippen molar-refractivity contribution in [2.75, 3.05) is 46.4 Å². The molecule has 25 heavy (non-hydrogen) atoms. The minimum atomic E-state index is 0. The van der Waals surface area contributed by atoms with Gasteiger partial charge in [0.05, 0.1) is 7.11 Å². The molecule has 1 aromatic carbocycles. The topological polar surface area (TPSA) is 27.7 Å². The first-order valence-corrected chi connectivity index (χ1v) is 9.57. The first-order chi connectivity index (χ1) is 11.8. The number of ether oxygens (including phenoxy) is 1. The van der Waals surface area contributed by atoms with E-state index in [1.54, 1.807) is 7.11 Å². The molecule has 1 aromatic rings. The molecule has 0 saturated carbocycles. The maximum Gasteiger partial charge on any atom is 0.121 e.